The largest absolute Gasteiger partial charge is 0.371 e. The van der Waals surface area contributed by atoms with Crippen LogP contribution < -0.4 is 5.32 Å². The van der Waals surface area contributed by atoms with Crippen molar-refractivity contribution in [1.82, 2.24) is 5.32 Å². The van der Waals surface area contributed by atoms with Crippen LogP contribution in [0.5, 0.6) is 0 Å². The number of nitrogens with one attached hydrogen (secondary N) is 1. The monoisotopic (exact) mass is 212 g/mol. The molecular formula is C11H15NOS. The highest BCUT2D eigenvalue weighted by Gasteiger charge is 2.50. The number of thiophene rings is 1. The number of likely N-dealkylation sites (N-methyl/N-ethyl adjacent to an activating group) is 1. The summed E-state index contributed by atoms with van der Waals surface area (Å²) in [6, 6.07) is 2.07. The van der Waals surface area contributed by atoms with Crippen LogP contribution in [0.4, 0.5) is 0 Å². The molecule has 1 aliphatic carbocycles. The Morgan fingerprint density at radius 1 is 1.79 bits per heavy atom. The van der Waals surface area contributed by atoms with Gasteiger partial charge in [0.15, 0.2) is 0 Å². The van der Waals surface area contributed by atoms with Crippen LogP contribution >= 0.6 is 11.3 Å². The second-order valence-corrected chi connectivity index (χ2v) is 5.08. The molecule has 2 aliphatic rings. The summed E-state index contributed by atoms with van der Waals surface area (Å²) < 4.78 is 27.3. The van der Waals surface area contributed by atoms with Gasteiger partial charge in [0.25, 0.3) is 0 Å². The second-order valence-electron chi connectivity index (χ2n) is 4.17. The molecule has 3 heteroatoms. The average Bonchev–Trinajstić information content (AvgIpc) is 2.84. The van der Waals surface area contributed by atoms with Gasteiger partial charge in [0.1, 0.15) is 0 Å². The highest BCUT2D eigenvalue weighted by Crippen LogP contribution is 2.55. The van der Waals surface area contributed by atoms with Crippen LogP contribution in [-0.4, -0.2) is 20.1 Å². The fourth-order valence-corrected chi connectivity index (χ4v) is 3.40. The first-order valence-corrected chi connectivity index (χ1v) is 5.83. The first kappa shape index (κ1) is 6.26. The summed E-state index contributed by atoms with van der Waals surface area (Å²) in [5, 5.41) is 4.63. The van der Waals surface area contributed by atoms with Crippen molar-refractivity contribution >= 4 is 11.3 Å². The summed E-state index contributed by atoms with van der Waals surface area (Å²) in [5.74, 6) is 0. The van der Waals surface area contributed by atoms with E-state index in [0.29, 0.717) is 6.54 Å². The highest BCUT2D eigenvalue weighted by molar-refractivity contribution is 7.10. The smallest absolute Gasteiger partial charge is 0.0960 e. The molecular weight excluding hydrogens is 194 g/mol. The third-order valence-corrected chi connectivity index (χ3v) is 4.40. The Labute approximate surface area is 92.5 Å². The molecule has 3 rings (SSSR count). The van der Waals surface area contributed by atoms with Crippen molar-refractivity contribution in [1.29, 1.82) is 0 Å². The molecule has 1 unspecified atom stereocenters. The molecule has 0 saturated heterocycles. The van der Waals surface area contributed by atoms with Crippen LogP contribution in [0.3, 0.4) is 0 Å². The Balaban J connectivity index is 1.76. The minimum absolute atomic E-state index is 0.108. The summed E-state index contributed by atoms with van der Waals surface area (Å²) in [7, 11) is 0. The van der Waals surface area contributed by atoms with E-state index in [0.717, 1.165) is 6.61 Å². The minimum atomic E-state index is -2.09. The third kappa shape index (κ3) is 1.16. The van der Waals surface area contributed by atoms with Crippen molar-refractivity contribution in [3.63, 3.8) is 0 Å². The van der Waals surface area contributed by atoms with Crippen LogP contribution in [0.25, 0.3) is 0 Å². The Morgan fingerprint density at radius 3 is 3.50 bits per heavy atom. The molecule has 14 heavy (non-hydrogen) atoms. The summed E-state index contributed by atoms with van der Waals surface area (Å²) in [6.45, 7) is -0.988. The van der Waals surface area contributed by atoms with E-state index in [-0.39, 0.29) is 11.5 Å². The van der Waals surface area contributed by atoms with Crippen LogP contribution in [-0.2, 0) is 10.2 Å². The van der Waals surface area contributed by atoms with Gasteiger partial charge in [-0.3, -0.25) is 0 Å². The van der Waals surface area contributed by atoms with Crippen molar-refractivity contribution in [2.24, 2.45) is 0 Å². The predicted octanol–water partition coefficient (Wildman–Crippen LogP) is 2.07. The first-order chi connectivity index (χ1) is 8.00. The van der Waals surface area contributed by atoms with E-state index in [1.807, 2.05) is 0 Å². The van der Waals surface area contributed by atoms with Gasteiger partial charge in [-0.05, 0) is 36.8 Å². The second kappa shape index (κ2) is 3.05. The Morgan fingerprint density at radius 2 is 2.71 bits per heavy atom. The van der Waals surface area contributed by atoms with Gasteiger partial charge in [0.05, 0.1) is 12.7 Å². The molecule has 1 aromatic rings. The molecule has 0 amide bonds. The SMILES string of the molecule is [2H]C([2H])([2H])NCC1OCC2(CC2)c2sccc21. The fourth-order valence-electron chi connectivity index (χ4n) is 2.20. The van der Waals surface area contributed by atoms with E-state index in [1.54, 1.807) is 11.3 Å². The van der Waals surface area contributed by atoms with Crippen LogP contribution in [0.2, 0.25) is 0 Å². The quantitative estimate of drug-likeness (QED) is 0.810. The lowest BCUT2D eigenvalue weighted by molar-refractivity contribution is 0.0248. The lowest BCUT2D eigenvalue weighted by Gasteiger charge is -2.29. The minimum Gasteiger partial charge on any atom is -0.371 e. The molecule has 1 aromatic heterocycles. The van der Waals surface area contributed by atoms with Gasteiger partial charge in [0.2, 0.25) is 0 Å². The molecule has 76 valence electrons. The van der Waals surface area contributed by atoms with E-state index in [2.05, 4.69) is 16.8 Å². The molecule has 1 spiro atoms. The van der Waals surface area contributed by atoms with Gasteiger partial charge in [-0.1, -0.05) is 0 Å². The van der Waals surface area contributed by atoms with E-state index in [4.69, 9.17) is 8.85 Å². The first-order valence-electron chi connectivity index (χ1n) is 6.45. The van der Waals surface area contributed by atoms with E-state index >= 15 is 0 Å². The number of hydrogen-bond donors (Lipinski definition) is 1. The molecule has 0 bridgehead atoms. The summed E-state index contributed by atoms with van der Waals surface area (Å²) in [6.07, 6.45) is 2.31. The molecule has 1 atom stereocenters. The zero-order valence-electron chi connectivity index (χ0n) is 10.9. The van der Waals surface area contributed by atoms with Crippen LogP contribution in [0.1, 0.15) is 33.5 Å². The van der Waals surface area contributed by atoms with Crippen LogP contribution in [0, 0.1) is 0 Å². The van der Waals surface area contributed by atoms with Gasteiger partial charge < -0.3 is 10.1 Å². The van der Waals surface area contributed by atoms with Crippen molar-refractivity contribution in [3.8, 4) is 0 Å². The molecule has 0 aromatic carbocycles. The summed E-state index contributed by atoms with van der Waals surface area (Å²) in [5.41, 5.74) is 1.47. The van der Waals surface area contributed by atoms with Gasteiger partial charge in [-0.2, -0.15) is 0 Å². The Bertz CT molecular complexity index is 425. The number of fused-ring (bicyclic) bond motifs is 2. The lowest BCUT2D eigenvalue weighted by Crippen LogP contribution is -2.29. The van der Waals surface area contributed by atoms with Crippen LogP contribution in [0.15, 0.2) is 11.4 Å². The number of rotatable bonds is 2. The summed E-state index contributed by atoms with van der Waals surface area (Å²) >= 11 is 1.78. The fraction of sp³-hybridized carbons (Fsp3) is 0.636. The maximum Gasteiger partial charge on any atom is 0.0960 e. The molecule has 1 N–H and O–H groups in total. The van der Waals surface area contributed by atoms with E-state index in [1.165, 1.54) is 23.3 Å². The Hall–Kier alpha value is -0.380. The van der Waals surface area contributed by atoms with Gasteiger partial charge in [-0.25, -0.2) is 0 Å². The highest BCUT2D eigenvalue weighted by atomic mass is 32.1. The number of hydrogen-bond acceptors (Lipinski definition) is 3. The van der Waals surface area contributed by atoms with Gasteiger partial charge in [0, 0.05) is 20.9 Å². The molecule has 1 aliphatic heterocycles. The standard InChI is InChI=1S/C11H15NOS/c1-12-6-9-8-2-5-14-10(8)11(3-4-11)7-13-9/h2,5,9,12H,3-4,6-7H2,1H3/i1D3. The number of ether oxygens (including phenoxy) is 1. The normalized spacial score (nSPS) is 31.7. The van der Waals surface area contributed by atoms with Crippen molar-refractivity contribution < 1.29 is 8.85 Å². The average molecular weight is 212 g/mol. The van der Waals surface area contributed by atoms with Gasteiger partial charge >= 0.3 is 0 Å². The molecule has 2 nitrogen and oxygen atoms in total. The molecule has 2 heterocycles. The molecule has 1 saturated carbocycles. The topological polar surface area (TPSA) is 21.3 Å². The summed E-state index contributed by atoms with van der Waals surface area (Å²) in [4.78, 5) is 1.42. The Kier molecular flexibility index (Phi) is 1.36. The zero-order valence-corrected chi connectivity index (χ0v) is 8.69. The maximum atomic E-state index is 7.16. The van der Waals surface area contributed by atoms with E-state index < -0.39 is 6.98 Å². The maximum absolute atomic E-state index is 7.16. The van der Waals surface area contributed by atoms with Crippen molar-refractivity contribution in [2.45, 2.75) is 24.4 Å². The third-order valence-electron chi connectivity index (χ3n) is 3.23. The van der Waals surface area contributed by atoms with Crippen molar-refractivity contribution in [2.75, 3.05) is 20.1 Å². The zero-order chi connectivity index (χ0) is 12.1. The van der Waals surface area contributed by atoms with Gasteiger partial charge in [-0.15, -0.1) is 11.3 Å². The molecule has 1 fully saturated rings. The van der Waals surface area contributed by atoms with Crippen molar-refractivity contribution in [3.05, 3.63) is 21.9 Å². The molecule has 0 radical (unpaired) electrons. The predicted molar refractivity (Wildman–Crippen MR) is 57.9 cm³/mol. The van der Waals surface area contributed by atoms with E-state index in [9.17, 15) is 0 Å². The lowest BCUT2D eigenvalue weighted by atomic mass is 9.96.